The van der Waals surface area contributed by atoms with Crippen LogP contribution in [0.1, 0.15) is 50.3 Å². The Morgan fingerprint density at radius 3 is 2.10 bits per heavy atom. The van der Waals surface area contributed by atoms with Crippen molar-refractivity contribution in [1.82, 2.24) is 10.2 Å². The van der Waals surface area contributed by atoms with Gasteiger partial charge in [0.1, 0.15) is 18.3 Å². The number of rotatable bonds is 13. The zero-order chi connectivity index (χ0) is 30.2. The van der Waals surface area contributed by atoms with Crippen molar-refractivity contribution >= 4 is 27.5 Å². The molecule has 3 rings (SSSR count). The van der Waals surface area contributed by atoms with Gasteiger partial charge in [0.15, 0.2) is 0 Å². The van der Waals surface area contributed by atoms with Gasteiger partial charge < -0.3 is 15.0 Å². The minimum atomic E-state index is -4.13. The summed E-state index contributed by atoms with van der Waals surface area (Å²) in [5.41, 5.74) is 3.08. The van der Waals surface area contributed by atoms with Gasteiger partial charge in [-0.3, -0.25) is 13.9 Å². The Bertz CT molecular complexity index is 1420. The molecule has 0 radical (unpaired) electrons. The number of ether oxygens (including phenoxy) is 1. The van der Waals surface area contributed by atoms with Gasteiger partial charge in [-0.15, -0.1) is 0 Å². The summed E-state index contributed by atoms with van der Waals surface area (Å²) in [6.07, 6.45) is 1.11. The van der Waals surface area contributed by atoms with E-state index in [1.165, 1.54) is 24.1 Å². The van der Waals surface area contributed by atoms with Crippen LogP contribution in [0.2, 0.25) is 0 Å². The first-order valence-corrected chi connectivity index (χ1v) is 15.3. The number of amides is 2. The number of anilines is 1. The minimum absolute atomic E-state index is 0.0651. The van der Waals surface area contributed by atoms with E-state index in [2.05, 4.69) is 5.32 Å². The quantitative estimate of drug-likeness (QED) is 0.299. The van der Waals surface area contributed by atoms with Crippen molar-refractivity contribution in [3.8, 4) is 5.75 Å². The summed E-state index contributed by atoms with van der Waals surface area (Å²) in [4.78, 5) is 29.1. The second kappa shape index (κ2) is 14.2. The number of benzene rings is 3. The van der Waals surface area contributed by atoms with Crippen LogP contribution in [-0.4, -0.2) is 50.9 Å². The van der Waals surface area contributed by atoms with Crippen LogP contribution >= 0.6 is 0 Å². The molecular formula is C32H41N3O5S. The molecule has 0 saturated heterocycles. The smallest absolute Gasteiger partial charge is 0.264 e. The van der Waals surface area contributed by atoms with Gasteiger partial charge in [-0.25, -0.2) is 8.42 Å². The van der Waals surface area contributed by atoms with Crippen molar-refractivity contribution in [2.24, 2.45) is 0 Å². The predicted octanol–water partition coefficient (Wildman–Crippen LogP) is 5.23. The van der Waals surface area contributed by atoms with E-state index in [1.54, 1.807) is 36.4 Å². The third-order valence-electron chi connectivity index (χ3n) is 7.24. The second-order valence-electron chi connectivity index (χ2n) is 10.2. The molecule has 3 aromatic rings. The average molecular weight is 580 g/mol. The fourth-order valence-corrected chi connectivity index (χ4v) is 5.86. The van der Waals surface area contributed by atoms with E-state index in [-0.39, 0.29) is 23.4 Å². The van der Waals surface area contributed by atoms with E-state index in [4.69, 9.17) is 4.74 Å². The number of sulfonamides is 1. The van der Waals surface area contributed by atoms with E-state index in [0.717, 1.165) is 27.4 Å². The van der Waals surface area contributed by atoms with E-state index in [9.17, 15) is 18.0 Å². The van der Waals surface area contributed by atoms with Gasteiger partial charge in [0, 0.05) is 12.6 Å². The Labute approximate surface area is 244 Å². The molecule has 1 N–H and O–H groups in total. The third-order valence-corrected chi connectivity index (χ3v) is 9.03. The fourth-order valence-electron chi connectivity index (χ4n) is 4.45. The monoisotopic (exact) mass is 579 g/mol. The van der Waals surface area contributed by atoms with Crippen LogP contribution in [0.15, 0.2) is 77.7 Å². The van der Waals surface area contributed by atoms with Crippen LogP contribution in [0, 0.1) is 13.8 Å². The molecule has 8 nitrogen and oxygen atoms in total. The number of aryl methyl sites for hydroxylation is 2. The lowest BCUT2D eigenvalue weighted by molar-refractivity contribution is -0.140. The number of nitrogens with zero attached hydrogens (tertiary/aromatic N) is 2. The molecule has 0 aliphatic heterocycles. The Kier molecular flexibility index (Phi) is 10.9. The first-order chi connectivity index (χ1) is 19.5. The maximum atomic E-state index is 14.2. The molecule has 9 heteroatoms. The molecule has 0 bridgehead atoms. The molecule has 220 valence electrons. The third kappa shape index (κ3) is 7.88. The largest absolute Gasteiger partial charge is 0.497 e. The Hall–Kier alpha value is -3.85. The van der Waals surface area contributed by atoms with E-state index in [0.29, 0.717) is 17.9 Å². The lowest BCUT2D eigenvalue weighted by atomic mass is 10.1. The summed E-state index contributed by atoms with van der Waals surface area (Å²) < 4.78 is 34.3. The topological polar surface area (TPSA) is 96.0 Å². The summed E-state index contributed by atoms with van der Waals surface area (Å²) in [7, 11) is -2.61. The van der Waals surface area contributed by atoms with Crippen LogP contribution in [0.5, 0.6) is 5.75 Å². The van der Waals surface area contributed by atoms with E-state index < -0.39 is 28.5 Å². The van der Waals surface area contributed by atoms with Crippen molar-refractivity contribution in [1.29, 1.82) is 0 Å². The van der Waals surface area contributed by atoms with Crippen molar-refractivity contribution < 1.29 is 22.7 Å². The van der Waals surface area contributed by atoms with Gasteiger partial charge in [-0.05, 0) is 81.1 Å². The molecule has 0 aliphatic rings. The highest BCUT2D eigenvalue weighted by Crippen LogP contribution is 2.27. The standard InChI is InChI=1S/C32H41N3O5S/c1-7-25(5)33-32(37)30(8-2)34(21-26-12-10-9-11-24(26)4)31(36)22-35(27-15-17-28(40-6)18-16-27)41(38,39)29-19-13-23(3)14-20-29/h9-20,25,30H,7-8,21-22H2,1-6H3,(H,33,37)/t25-,30+/m1/s1. The molecule has 2 atom stereocenters. The first kappa shape index (κ1) is 31.7. The Balaban J connectivity index is 2.07. The zero-order valence-corrected chi connectivity index (χ0v) is 25.6. The van der Waals surface area contributed by atoms with Crippen molar-refractivity contribution in [2.75, 3.05) is 18.0 Å². The van der Waals surface area contributed by atoms with Gasteiger partial charge in [0.2, 0.25) is 11.8 Å². The molecule has 3 aromatic carbocycles. The summed E-state index contributed by atoms with van der Waals surface area (Å²) in [5, 5.41) is 3.00. The van der Waals surface area contributed by atoms with Gasteiger partial charge >= 0.3 is 0 Å². The molecule has 0 spiro atoms. The number of carbonyl (C=O) groups excluding carboxylic acids is 2. The summed E-state index contributed by atoms with van der Waals surface area (Å²) in [6, 6.07) is 19.8. The van der Waals surface area contributed by atoms with Crippen molar-refractivity contribution in [3.05, 3.63) is 89.5 Å². The Morgan fingerprint density at radius 1 is 0.902 bits per heavy atom. The van der Waals surface area contributed by atoms with Crippen LogP contribution in [0.4, 0.5) is 5.69 Å². The molecule has 2 amide bonds. The van der Waals surface area contributed by atoms with Crippen LogP contribution < -0.4 is 14.4 Å². The summed E-state index contributed by atoms with van der Waals surface area (Å²) in [6.45, 7) is 9.25. The molecule has 41 heavy (non-hydrogen) atoms. The van der Waals surface area contributed by atoms with Crippen molar-refractivity contribution in [3.63, 3.8) is 0 Å². The number of hydrogen-bond acceptors (Lipinski definition) is 5. The van der Waals surface area contributed by atoms with E-state index in [1.807, 2.05) is 58.9 Å². The van der Waals surface area contributed by atoms with Gasteiger partial charge in [0.25, 0.3) is 10.0 Å². The van der Waals surface area contributed by atoms with Crippen LogP contribution in [0.25, 0.3) is 0 Å². The van der Waals surface area contributed by atoms with Crippen LogP contribution in [0.3, 0.4) is 0 Å². The fraction of sp³-hybridized carbons (Fsp3) is 0.375. The van der Waals surface area contributed by atoms with Gasteiger partial charge in [-0.1, -0.05) is 55.8 Å². The average Bonchev–Trinajstić information content (AvgIpc) is 2.96. The van der Waals surface area contributed by atoms with Gasteiger partial charge in [0.05, 0.1) is 17.7 Å². The molecule has 0 unspecified atom stereocenters. The number of hydrogen-bond donors (Lipinski definition) is 1. The molecular weight excluding hydrogens is 538 g/mol. The zero-order valence-electron chi connectivity index (χ0n) is 24.8. The number of carbonyl (C=O) groups is 2. The Morgan fingerprint density at radius 2 is 1.54 bits per heavy atom. The maximum Gasteiger partial charge on any atom is 0.264 e. The second-order valence-corrected chi connectivity index (χ2v) is 12.1. The molecule has 0 aromatic heterocycles. The lowest BCUT2D eigenvalue weighted by Crippen LogP contribution is -2.53. The van der Waals surface area contributed by atoms with Crippen molar-refractivity contribution in [2.45, 2.75) is 71.0 Å². The molecule has 0 aliphatic carbocycles. The predicted molar refractivity (Wildman–Crippen MR) is 162 cm³/mol. The number of methoxy groups -OCH3 is 1. The maximum absolute atomic E-state index is 14.2. The summed E-state index contributed by atoms with van der Waals surface area (Å²) in [5.74, 6) is -0.186. The highest BCUT2D eigenvalue weighted by Gasteiger charge is 2.34. The molecule has 0 fully saturated rings. The lowest BCUT2D eigenvalue weighted by Gasteiger charge is -2.34. The van der Waals surface area contributed by atoms with Crippen LogP contribution in [-0.2, 0) is 26.2 Å². The highest BCUT2D eigenvalue weighted by molar-refractivity contribution is 7.92. The van der Waals surface area contributed by atoms with Gasteiger partial charge in [-0.2, -0.15) is 0 Å². The number of nitrogens with one attached hydrogen (secondary N) is 1. The SMILES string of the molecule is CC[C@@H](C)NC(=O)[C@H](CC)N(Cc1ccccc1C)C(=O)CN(c1ccc(OC)cc1)S(=O)(=O)c1ccc(C)cc1. The molecule has 0 saturated carbocycles. The normalized spacial score (nSPS) is 12.7. The first-order valence-electron chi connectivity index (χ1n) is 13.9. The highest BCUT2D eigenvalue weighted by atomic mass is 32.2. The van der Waals surface area contributed by atoms with E-state index >= 15 is 0 Å². The molecule has 0 heterocycles. The summed E-state index contributed by atoms with van der Waals surface area (Å²) >= 11 is 0. The minimum Gasteiger partial charge on any atom is -0.497 e.